The van der Waals surface area contributed by atoms with Gasteiger partial charge in [0.05, 0.1) is 6.42 Å². The Balaban J connectivity index is 1.32. The van der Waals surface area contributed by atoms with E-state index >= 15 is 0 Å². The van der Waals surface area contributed by atoms with Gasteiger partial charge in [0, 0.05) is 11.9 Å². The van der Waals surface area contributed by atoms with Crippen molar-refractivity contribution in [3.05, 3.63) is 53.7 Å². The Morgan fingerprint density at radius 2 is 1.92 bits per heavy atom. The summed E-state index contributed by atoms with van der Waals surface area (Å²) in [5.41, 5.74) is 2.45. The first kappa shape index (κ1) is 15.5. The Morgan fingerprint density at radius 1 is 1.08 bits per heavy atom. The molecule has 25 heavy (non-hydrogen) atoms. The van der Waals surface area contributed by atoms with Crippen LogP contribution in [0.1, 0.15) is 11.3 Å². The number of amides is 1. The molecular formula is C19H18N2O4. The molecule has 0 bridgehead atoms. The van der Waals surface area contributed by atoms with Crippen LogP contribution in [0.25, 0.3) is 11.0 Å². The number of carbonyl (C=O) groups is 1. The summed E-state index contributed by atoms with van der Waals surface area (Å²) in [7, 11) is 0. The molecule has 0 unspecified atom stereocenters. The molecule has 4 rings (SSSR count). The lowest BCUT2D eigenvalue weighted by atomic mass is 10.1. The van der Waals surface area contributed by atoms with Crippen molar-refractivity contribution >= 4 is 16.9 Å². The van der Waals surface area contributed by atoms with E-state index in [4.69, 9.17) is 14.0 Å². The summed E-state index contributed by atoms with van der Waals surface area (Å²) in [6, 6.07) is 13.4. The molecule has 1 N–H and O–H groups in total. The van der Waals surface area contributed by atoms with Crippen LogP contribution >= 0.6 is 0 Å². The van der Waals surface area contributed by atoms with E-state index in [1.165, 1.54) is 0 Å². The zero-order valence-electron chi connectivity index (χ0n) is 13.7. The minimum absolute atomic E-state index is 0.0726. The van der Waals surface area contributed by atoms with E-state index in [1.807, 2.05) is 42.5 Å². The molecule has 2 heterocycles. The molecule has 1 aliphatic rings. The molecule has 0 fully saturated rings. The minimum atomic E-state index is -0.0726. The van der Waals surface area contributed by atoms with Crippen LogP contribution in [-0.4, -0.2) is 30.8 Å². The summed E-state index contributed by atoms with van der Waals surface area (Å²) in [4.78, 5) is 12.1. The predicted octanol–water partition coefficient (Wildman–Crippen LogP) is 2.50. The molecule has 0 radical (unpaired) electrons. The van der Waals surface area contributed by atoms with Crippen LogP contribution in [-0.2, 0) is 17.6 Å². The van der Waals surface area contributed by atoms with E-state index < -0.39 is 0 Å². The summed E-state index contributed by atoms with van der Waals surface area (Å²) in [5.74, 6) is 1.47. The van der Waals surface area contributed by atoms with Crippen LogP contribution < -0.4 is 14.8 Å². The Kier molecular flexibility index (Phi) is 4.24. The van der Waals surface area contributed by atoms with E-state index in [9.17, 15) is 4.79 Å². The molecule has 1 aliphatic heterocycles. The van der Waals surface area contributed by atoms with E-state index in [-0.39, 0.29) is 12.3 Å². The lowest BCUT2D eigenvalue weighted by molar-refractivity contribution is -0.120. The third-order valence-corrected chi connectivity index (χ3v) is 4.12. The smallest absolute Gasteiger partial charge is 0.226 e. The second-order valence-corrected chi connectivity index (χ2v) is 5.88. The summed E-state index contributed by atoms with van der Waals surface area (Å²) < 4.78 is 16.3. The number of hydrogen-bond acceptors (Lipinski definition) is 5. The van der Waals surface area contributed by atoms with Crippen molar-refractivity contribution in [2.45, 2.75) is 12.8 Å². The highest BCUT2D eigenvalue weighted by molar-refractivity contribution is 5.86. The van der Waals surface area contributed by atoms with Crippen molar-refractivity contribution in [2.75, 3.05) is 19.8 Å². The quantitative estimate of drug-likeness (QED) is 0.774. The van der Waals surface area contributed by atoms with Gasteiger partial charge in [-0.25, -0.2) is 0 Å². The molecule has 1 amide bonds. The minimum Gasteiger partial charge on any atom is -0.486 e. The number of rotatable bonds is 5. The van der Waals surface area contributed by atoms with Crippen molar-refractivity contribution in [2.24, 2.45) is 0 Å². The van der Waals surface area contributed by atoms with Gasteiger partial charge in [0.2, 0.25) is 5.91 Å². The van der Waals surface area contributed by atoms with Crippen LogP contribution in [0, 0.1) is 0 Å². The number of para-hydroxylation sites is 1. The molecule has 0 atom stereocenters. The van der Waals surface area contributed by atoms with Gasteiger partial charge < -0.3 is 19.3 Å². The number of carbonyl (C=O) groups excluding carboxylic acids is 1. The topological polar surface area (TPSA) is 73.6 Å². The van der Waals surface area contributed by atoms with Crippen LogP contribution in [0.5, 0.6) is 11.5 Å². The highest BCUT2D eigenvalue weighted by atomic mass is 16.6. The maximum atomic E-state index is 12.1. The van der Waals surface area contributed by atoms with Gasteiger partial charge in [0.15, 0.2) is 17.1 Å². The van der Waals surface area contributed by atoms with Crippen molar-refractivity contribution in [1.82, 2.24) is 10.5 Å². The third kappa shape index (κ3) is 3.42. The molecule has 6 nitrogen and oxygen atoms in total. The number of benzene rings is 2. The highest BCUT2D eigenvalue weighted by Gasteiger charge is 2.13. The van der Waals surface area contributed by atoms with Gasteiger partial charge in [-0.05, 0) is 36.2 Å². The SMILES string of the molecule is O=C(Cc1noc2ccccc12)NCCc1ccc2c(c1)OCCO2. The van der Waals surface area contributed by atoms with Gasteiger partial charge in [-0.3, -0.25) is 4.79 Å². The standard InChI is InChI=1S/C19H18N2O4/c22-19(12-15-14-3-1-2-4-16(14)25-21-15)20-8-7-13-5-6-17-18(11-13)24-10-9-23-17/h1-6,11H,7-10,12H2,(H,20,22). The number of ether oxygens (including phenoxy) is 2. The molecule has 0 saturated heterocycles. The van der Waals surface area contributed by atoms with E-state index in [0.717, 1.165) is 28.9 Å². The molecule has 6 heteroatoms. The number of nitrogens with zero attached hydrogens (tertiary/aromatic N) is 1. The molecule has 0 saturated carbocycles. The molecule has 1 aromatic heterocycles. The normalized spacial score (nSPS) is 13.0. The fourth-order valence-electron chi connectivity index (χ4n) is 2.87. The Morgan fingerprint density at radius 3 is 2.84 bits per heavy atom. The molecule has 3 aromatic rings. The lowest BCUT2D eigenvalue weighted by Gasteiger charge is -2.18. The maximum Gasteiger partial charge on any atom is 0.226 e. The number of fused-ring (bicyclic) bond motifs is 2. The first-order valence-electron chi connectivity index (χ1n) is 8.28. The number of hydrogen-bond donors (Lipinski definition) is 1. The van der Waals surface area contributed by atoms with Gasteiger partial charge >= 0.3 is 0 Å². The first-order valence-corrected chi connectivity index (χ1v) is 8.28. The average molecular weight is 338 g/mol. The monoisotopic (exact) mass is 338 g/mol. The van der Waals surface area contributed by atoms with Crippen molar-refractivity contribution in [3.63, 3.8) is 0 Å². The summed E-state index contributed by atoms with van der Waals surface area (Å²) in [5, 5.41) is 7.78. The molecule has 2 aromatic carbocycles. The predicted molar refractivity (Wildman–Crippen MR) is 91.9 cm³/mol. The fourth-order valence-corrected chi connectivity index (χ4v) is 2.87. The number of nitrogens with one attached hydrogen (secondary N) is 1. The first-order chi connectivity index (χ1) is 12.3. The van der Waals surface area contributed by atoms with Gasteiger partial charge in [0.25, 0.3) is 0 Å². The summed E-state index contributed by atoms with van der Waals surface area (Å²) in [6.07, 6.45) is 0.931. The second kappa shape index (κ2) is 6.84. The number of aromatic nitrogens is 1. The summed E-state index contributed by atoms with van der Waals surface area (Å²) >= 11 is 0. The second-order valence-electron chi connectivity index (χ2n) is 5.88. The van der Waals surface area contributed by atoms with Crippen LogP contribution in [0.4, 0.5) is 0 Å². The van der Waals surface area contributed by atoms with Gasteiger partial charge in [-0.1, -0.05) is 23.4 Å². The van der Waals surface area contributed by atoms with Crippen LogP contribution in [0.15, 0.2) is 47.0 Å². The zero-order valence-corrected chi connectivity index (χ0v) is 13.7. The van der Waals surface area contributed by atoms with Crippen molar-refractivity contribution in [1.29, 1.82) is 0 Å². The maximum absolute atomic E-state index is 12.1. The Hall–Kier alpha value is -3.02. The van der Waals surface area contributed by atoms with Gasteiger partial charge in [-0.2, -0.15) is 0 Å². The molecule has 0 aliphatic carbocycles. The Bertz CT molecular complexity index is 903. The van der Waals surface area contributed by atoms with Gasteiger partial charge in [-0.15, -0.1) is 0 Å². The van der Waals surface area contributed by atoms with Crippen LogP contribution in [0.3, 0.4) is 0 Å². The molecule has 0 spiro atoms. The van der Waals surface area contributed by atoms with E-state index in [1.54, 1.807) is 0 Å². The van der Waals surface area contributed by atoms with Crippen LogP contribution in [0.2, 0.25) is 0 Å². The molecule has 128 valence electrons. The zero-order chi connectivity index (χ0) is 17.1. The molecular weight excluding hydrogens is 320 g/mol. The van der Waals surface area contributed by atoms with Crippen molar-refractivity contribution < 1.29 is 18.8 Å². The average Bonchev–Trinajstić information content (AvgIpc) is 3.05. The van der Waals surface area contributed by atoms with Gasteiger partial charge in [0.1, 0.15) is 18.9 Å². The summed E-state index contributed by atoms with van der Waals surface area (Å²) in [6.45, 7) is 1.70. The third-order valence-electron chi connectivity index (χ3n) is 4.12. The van der Waals surface area contributed by atoms with Crippen molar-refractivity contribution in [3.8, 4) is 11.5 Å². The fraction of sp³-hybridized carbons (Fsp3) is 0.263. The Labute approximate surface area is 144 Å². The lowest BCUT2D eigenvalue weighted by Crippen LogP contribution is -2.27. The largest absolute Gasteiger partial charge is 0.486 e. The van der Waals surface area contributed by atoms with E-state index in [0.29, 0.717) is 31.0 Å². The van der Waals surface area contributed by atoms with E-state index in [2.05, 4.69) is 10.5 Å². The highest BCUT2D eigenvalue weighted by Crippen LogP contribution is 2.30.